The molecule has 2 atom stereocenters. The highest BCUT2D eigenvalue weighted by molar-refractivity contribution is 8.01. The molecule has 2 N–H and O–H groups in total. The SMILES string of the molecule is O=C(CC1Sc2ccc(C(F)(F)F)cc2NC1=O)NCC(c1ccccc1)N1CCOCC1. The fraction of sp³-hybridized carbons (Fsp3) is 0.391. The molecule has 2 heterocycles. The third kappa shape index (κ3) is 5.87. The van der Waals surface area contributed by atoms with Gasteiger partial charge in [0.15, 0.2) is 0 Å². The maximum absolute atomic E-state index is 12.9. The van der Waals surface area contributed by atoms with Gasteiger partial charge in [0, 0.05) is 31.0 Å². The van der Waals surface area contributed by atoms with E-state index in [1.165, 1.54) is 6.07 Å². The van der Waals surface area contributed by atoms with E-state index in [1.54, 1.807) is 0 Å². The van der Waals surface area contributed by atoms with Gasteiger partial charge in [-0.1, -0.05) is 30.3 Å². The van der Waals surface area contributed by atoms with Gasteiger partial charge in [-0.2, -0.15) is 13.2 Å². The van der Waals surface area contributed by atoms with Gasteiger partial charge in [0.2, 0.25) is 11.8 Å². The van der Waals surface area contributed by atoms with Crippen molar-refractivity contribution in [2.75, 3.05) is 38.2 Å². The topological polar surface area (TPSA) is 70.7 Å². The van der Waals surface area contributed by atoms with Gasteiger partial charge < -0.3 is 15.4 Å². The van der Waals surface area contributed by atoms with Crippen molar-refractivity contribution in [1.82, 2.24) is 10.2 Å². The average Bonchev–Trinajstić information content (AvgIpc) is 2.80. The van der Waals surface area contributed by atoms with Gasteiger partial charge in [-0.3, -0.25) is 14.5 Å². The van der Waals surface area contributed by atoms with Crippen LogP contribution in [0.3, 0.4) is 0 Å². The second kappa shape index (κ2) is 10.1. The largest absolute Gasteiger partial charge is 0.416 e. The number of fused-ring (bicyclic) bond motifs is 1. The number of nitrogens with one attached hydrogen (secondary N) is 2. The summed E-state index contributed by atoms with van der Waals surface area (Å²) in [5.41, 5.74) is 0.375. The van der Waals surface area contributed by atoms with Crippen molar-refractivity contribution < 1.29 is 27.5 Å². The number of carbonyl (C=O) groups is 2. The van der Waals surface area contributed by atoms with E-state index in [4.69, 9.17) is 4.74 Å². The van der Waals surface area contributed by atoms with Crippen molar-refractivity contribution in [3.63, 3.8) is 0 Å². The molecule has 2 amide bonds. The van der Waals surface area contributed by atoms with E-state index in [2.05, 4.69) is 15.5 Å². The summed E-state index contributed by atoms with van der Waals surface area (Å²) >= 11 is 1.10. The predicted octanol–water partition coefficient (Wildman–Crippen LogP) is 3.70. The highest BCUT2D eigenvalue weighted by atomic mass is 32.2. The number of rotatable bonds is 6. The number of ether oxygens (including phenoxy) is 1. The Morgan fingerprint density at radius 2 is 1.91 bits per heavy atom. The molecule has 2 aliphatic heterocycles. The lowest BCUT2D eigenvalue weighted by atomic mass is 10.0. The van der Waals surface area contributed by atoms with Crippen LogP contribution in [0.4, 0.5) is 18.9 Å². The van der Waals surface area contributed by atoms with Gasteiger partial charge in [-0.15, -0.1) is 11.8 Å². The number of nitrogens with zero attached hydrogens (tertiary/aromatic N) is 1. The molecule has 1 fully saturated rings. The first-order valence-corrected chi connectivity index (χ1v) is 11.5. The van der Waals surface area contributed by atoms with Crippen LogP contribution in [-0.2, 0) is 20.5 Å². The molecule has 2 unspecified atom stereocenters. The standard InChI is InChI=1S/C23H24F3N3O3S/c24-23(25,26)16-6-7-19-17(12-16)28-22(31)20(33-19)13-21(30)27-14-18(15-4-2-1-3-5-15)29-8-10-32-11-9-29/h1-7,12,18,20H,8-11,13-14H2,(H,27,30)(H,28,31). The van der Waals surface area contributed by atoms with E-state index in [0.29, 0.717) is 24.7 Å². The third-order valence-corrected chi connectivity index (χ3v) is 6.94. The number of thioether (sulfide) groups is 1. The maximum atomic E-state index is 12.9. The Kier molecular flexibility index (Phi) is 7.26. The summed E-state index contributed by atoms with van der Waals surface area (Å²) in [7, 11) is 0. The van der Waals surface area contributed by atoms with Gasteiger partial charge in [0.05, 0.1) is 35.8 Å². The Labute approximate surface area is 193 Å². The Hall–Kier alpha value is -2.56. The van der Waals surface area contributed by atoms with Crippen LogP contribution in [0.25, 0.3) is 0 Å². The molecule has 0 bridgehead atoms. The Morgan fingerprint density at radius 3 is 2.61 bits per heavy atom. The summed E-state index contributed by atoms with van der Waals surface area (Å²) in [6.45, 7) is 3.16. The number of morpholine rings is 1. The Bertz CT molecular complexity index is 997. The molecule has 0 spiro atoms. The van der Waals surface area contributed by atoms with Crippen molar-refractivity contribution >= 4 is 29.3 Å². The molecule has 1 saturated heterocycles. The monoisotopic (exact) mass is 479 g/mol. The van der Waals surface area contributed by atoms with Crippen molar-refractivity contribution in [2.24, 2.45) is 0 Å². The smallest absolute Gasteiger partial charge is 0.379 e. The Morgan fingerprint density at radius 1 is 1.18 bits per heavy atom. The van der Waals surface area contributed by atoms with Crippen molar-refractivity contribution in [1.29, 1.82) is 0 Å². The van der Waals surface area contributed by atoms with Gasteiger partial charge >= 0.3 is 6.18 Å². The number of carbonyl (C=O) groups excluding carboxylic acids is 2. The molecule has 0 aliphatic carbocycles. The van der Waals surface area contributed by atoms with E-state index in [1.807, 2.05) is 30.3 Å². The van der Waals surface area contributed by atoms with Crippen LogP contribution < -0.4 is 10.6 Å². The number of benzene rings is 2. The van der Waals surface area contributed by atoms with Gasteiger partial charge in [0.25, 0.3) is 0 Å². The molecule has 6 nitrogen and oxygen atoms in total. The number of halogens is 3. The summed E-state index contributed by atoms with van der Waals surface area (Å²) < 4.78 is 44.2. The second-order valence-electron chi connectivity index (χ2n) is 7.89. The van der Waals surface area contributed by atoms with Crippen LogP contribution in [0, 0.1) is 0 Å². The molecule has 2 aromatic rings. The van der Waals surface area contributed by atoms with Gasteiger partial charge in [0.1, 0.15) is 0 Å². The fourth-order valence-corrected chi connectivity index (χ4v) is 5.03. The molecule has 10 heteroatoms. The molecule has 0 aromatic heterocycles. The first-order valence-electron chi connectivity index (χ1n) is 10.6. The van der Waals surface area contributed by atoms with Crippen LogP contribution in [-0.4, -0.2) is 54.8 Å². The van der Waals surface area contributed by atoms with Crippen LogP contribution >= 0.6 is 11.8 Å². The van der Waals surface area contributed by atoms with Crippen LogP contribution in [0.5, 0.6) is 0 Å². The lowest BCUT2D eigenvalue weighted by Crippen LogP contribution is -2.44. The Balaban J connectivity index is 1.38. The maximum Gasteiger partial charge on any atom is 0.416 e. The van der Waals surface area contributed by atoms with Crippen molar-refractivity contribution in [3.8, 4) is 0 Å². The van der Waals surface area contributed by atoms with Crippen LogP contribution in [0.2, 0.25) is 0 Å². The lowest BCUT2D eigenvalue weighted by molar-refractivity contribution is -0.137. The van der Waals surface area contributed by atoms with Gasteiger partial charge in [-0.05, 0) is 23.8 Å². The fourth-order valence-electron chi connectivity index (χ4n) is 3.93. The number of alkyl halides is 3. The summed E-state index contributed by atoms with van der Waals surface area (Å²) in [6.07, 6.45) is -4.56. The van der Waals surface area contributed by atoms with E-state index < -0.39 is 22.9 Å². The molecular weight excluding hydrogens is 455 g/mol. The van der Waals surface area contributed by atoms with E-state index in [-0.39, 0.29) is 24.1 Å². The first kappa shape index (κ1) is 23.6. The minimum Gasteiger partial charge on any atom is -0.379 e. The summed E-state index contributed by atoms with van der Waals surface area (Å²) in [6, 6.07) is 13.1. The zero-order chi connectivity index (χ0) is 23.4. The predicted molar refractivity (Wildman–Crippen MR) is 119 cm³/mol. The molecule has 0 radical (unpaired) electrons. The molecule has 176 valence electrons. The lowest BCUT2D eigenvalue weighted by Gasteiger charge is -2.35. The minimum atomic E-state index is -4.49. The highest BCUT2D eigenvalue weighted by Crippen LogP contribution is 2.40. The normalized spacial score (nSPS) is 20.0. The van der Waals surface area contributed by atoms with E-state index in [9.17, 15) is 22.8 Å². The molecular formula is C23H24F3N3O3S. The third-order valence-electron chi connectivity index (χ3n) is 5.66. The van der Waals surface area contributed by atoms with E-state index >= 15 is 0 Å². The molecule has 2 aliphatic rings. The zero-order valence-corrected chi connectivity index (χ0v) is 18.5. The first-order chi connectivity index (χ1) is 15.8. The highest BCUT2D eigenvalue weighted by Gasteiger charge is 2.34. The van der Waals surface area contributed by atoms with E-state index in [0.717, 1.165) is 42.5 Å². The number of anilines is 1. The number of hydrogen-bond donors (Lipinski definition) is 2. The number of amides is 2. The summed E-state index contributed by atoms with van der Waals surface area (Å²) in [4.78, 5) is 27.9. The van der Waals surface area contributed by atoms with Crippen LogP contribution in [0.15, 0.2) is 53.4 Å². The summed E-state index contributed by atoms with van der Waals surface area (Å²) in [5.74, 6) is -0.762. The molecule has 2 aromatic carbocycles. The van der Waals surface area contributed by atoms with Crippen molar-refractivity contribution in [3.05, 3.63) is 59.7 Å². The van der Waals surface area contributed by atoms with Crippen LogP contribution in [0.1, 0.15) is 23.6 Å². The second-order valence-corrected chi connectivity index (χ2v) is 9.13. The summed E-state index contributed by atoms with van der Waals surface area (Å²) in [5, 5.41) is 4.73. The van der Waals surface area contributed by atoms with Gasteiger partial charge in [-0.25, -0.2) is 0 Å². The molecule has 33 heavy (non-hydrogen) atoms. The quantitative estimate of drug-likeness (QED) is 0.661. The average molecular weight is 480 g/mol. The zero-order valence-electron chi connectivity index (χ0n) is 17.7. The minimum absolute atomic E-state index is 0.0200. The number of hydrogen-bond acceptors (Lipinski definition) is 5. The molecule has 4 rings (SSSR count). The molecule has 0 saturated carbocycles. The van der Waals surface area contributed by atoms with Crippen molar-refractivity contribution in [2.45, 2.75) is 28.8 Å².